The number of aliphatic imine (C=N–C) groups is 1. The fraction of sp³-hybridized carbons (Fsp3) is 0.304. The van der Waals surface area contributed by atoms with Crippen molar-refractivity contribution < 1.29 is 0 Å². The summed E-state index contributed by atoms with van der Waals surface area (Å²) in [6.07, 6.45) is 6.17. The molecule has 0 fully saturated rings. The van der Waals surface area contributed by atoms with Crippen LogP contribution in [0.25, 0.3) is 16.6 Å². The minimum absolute atomic E-state index is 0. The lowest BCUT2D eigenvalue weighted by Gasteiger charge is -2.10. The molecule has 0 aliphatic rings. The normalized spacial score (nSPS) is 11.6. The SMILES string of the molecule is CCc1cccc2c(CCNC(=NC)NCc3cn4c(C)cccc4n3)c[nH]c12.I. The van der Waals surface area contributed by atoms with Gasteiger partial charge in [0.1, 0.15) is 5.65 Å². The van der Waals surface area contributed by atoms with Gasteiger partial charge in [0.2, 0.25) is 0 Å². The lowest BCUT2D eigenvalue weighted by Crippen LogP contribution is -2.37. The molecule has 0 aliphatic carbocycles. The zero-order valence-corrected chi connectivity index (χ0v) is 20.0. The number of aromatic amines is 1. The van der Waals surface area contributed by atoms with E-state index in [1.807, 2.05) is 12.1 Å². The smallest absolute Gasteiger partial charge is 0.191 e. The molecule has 4 aromatic rings. The third kappa shape index (κ3) is 4.61. The average molecular weight is 516 g/mol. The van der Waals surface area contributed by atoms with Gasteiger partial charge in [-0.15, -0.1) is 24.0 Å². The van der Waals surface area contributed by atoms with Crippen molar-refractivity contribution in [1.29, 1.82) is 0 Å². The molecule has 0 saturated heterocycles. The first-order chi connectivity index (χ1) is 14.2. The first-order valence-corrected chi connectivity index (χ1v) is 10.2. The van der Waals surface area contributed by atoms with E-state index in [0.29, 0.717) is 6.54 Å². The maximum Gasteiger partial charge on any atom is 0.191 e. The number of hydrogen-bond donors (Lipinski definition) is 3. The highest BCUT2D eigenvalue weighted by molar-refractivity contribution is 14.0. The maximum absolute atomic E-state index is 4.66. The van der Waals surface area contributed by atoms with E-state index in [2.05, 4.69) is 80.5 Å². The predicted molar refractivity (Wildman–Crippen MR) is 135 cm³/mol. The van der Waals surface area contributed by atoms with Crippen LogP contribution in [0.4, 0.5) is 0 Å². The van der Waals surface area contributed by atoms with Crippen molar-refractivity contribution in [2.45, 2.75) is 33.2 Å². The molecule has 7 heteroatoms. The number of rotatable bonds is 6. The van der Waals surface area contributed by atoms with Crippen molar-refractivity contribution in [3.8, 4) is 0 Å². The van der Waals surface area contributed by atoms with Crippen molar-refractivity contribution in [2.24, 2.45) is 4.99 Å². The molecule has 158 valence electrons. The summed E-state index contributed by atoms with van der Waals surface area (Å²) in [5.74, 6) is 0.785. The molecule has 0 atom stereocenters. The second-order valence-corrected chi connectivity index (χ2v) is 7.24. The van der Waals surface area contributed by atoms with Crippen molar-refractivity contribution in [3.05, 3.63) is 71.3 Å². The Hall–Kier alpha value is -2.55. The Morgan fingerprint density at radius 3 is 2.73 bits per heavy atom. The van der Waals surface area contributed by atoms with Crippen molar-refractivity contribution >= 4 is 46.5 Å². The third-order valence-corrected chi connectivity index (χ3v) is 5.36. The van der Waals surface area contributed by atoms with E-state index in [9.17, 15) is 0 Å². The van der Waals surface area contributed by atoms with E-state index in [4.69, 9.17) is 0 Å². The van der Waals surface area contributed by atoms with Crippen LogP contribution in [-0.4, -0.2) is 33.9 Å². The second-order valence-electron chi connectivity index (χ2n) is 7.24. The number of nitrogens with one attached hydrogen (secondary N) is 3. The quantitative estimate of drug-likeness (QED) is 0.204. The molecular weight excluding hydrogens is 487 g/mol. The van der Waals surface area contributed by atoms with Crippen molar-refractivity contribution in [1.82, 2.24) is 25.0 Å². The minimum atomic E-state index is 0. The first-order valence-electron chi connectivity index (χ1n) is 10.2. The Morgan fingerprint density at radius 1 is 1.13 bits per heavy atom. The van der Waals surface area contributed by atoms with E-state index in [-0.39, 0.29) is 24.0 Å². The number of fused-ring (bicyclic) bond motifs is 2. The van der Waals surface area contributed by atoms with Crippen LogP contribution in [-0.2, 0) is 19.4 Å². The molecule has 3 N–H and O–H groups in total. The van der Waals surface area contributed by atoms with Crippen LogP contribution in [0.2, 0.25) is 0 Å². The molecule has 0 amide bonds. The van der Waals surface area contributed by atoms with Crippen LogP contribution < -0.4 is 10.6 Å². The summed E-state index contributed by atoms with van der Waals surface area (Å²) < 4.78 is 2.11. The van der Waals surface area contributed by atoms with E-state index >= 15 is 0 Å². The zero-order chi connectivity index (χ0) is 20.2. The lowest BCUT2D eigenvalue weighted by molar-refractivity contribution is 0.788. The predicted octanol–water partition coefficient (Wildman–Crippen LogP) is 4.21. The molecular formula is C23H29IN6. The molecule has 30 heavy (non-hydrogen) atoms. The molecule has 0 unspecified atom stereocenters. The number of guanidine groups is 1. The lowest BCUT2D eigenvalue weighted by atomic mass is 10.1. The number of hydrogen-bond acceptors (Lipinski definition) is 2. The molecule has 3 aromatic heterocycles. The van der Waals surface area contributed by atoms with Gasteiger partial charge in [-0.2, -0.15) is 0 Å². The number of aryl methyl sites for hydroxylation is 2. The standard InChI is InChI=1S/C23H28N6.HI/c1-4-17-8-6-9-20-18(13-26-22(17)20)11-12-25-23(24-3)27-14-19-15-29-16(2)7-5-10-21(29)28-19;/h5-10,13,15,26H,4,11-12,14H2,1-3H3,(H2,24,25,27);1H. The van der Waals surface area contributed by atoms with Gasteiger partial charge in [0.25, 0.3) is 0 Å². The summed E-state index contributed by atoms with van der Waals surface area (Å²) in [5, 5.41) is 8.08. The fourth-order valence-electron chi connectivity index (χ4n) is 3.77. The van der Waals surface area contributed by atoms with Gasteiger partial charge in [-0.25, -0.2) is 4.98 Å². The van der Waals surface area contributed by atoms with Gasteiger partial charge in [0, 0.05) is 42.6 Å². The minimum Gasteiger partial charge on any atom is -0.361 e. The van der Waals surface area contributed by atoms with Gasteiger partial charge < -0.3 is 20.0 Å². The van der Waals surface area contributed by atoms with Crippen LogP contribution in [0.1, 0.15) is 29.4 Å². The fourth-order valence-corrected chi connectivity index (χ4v) is 3.77. The Morgan fingerprint density at radius 2 is 1.97 bits per heavy atom. The number of imidazole rings is 1. The monoisotopic (exact) mass is 516 g/mol. The molecule has 4 rings (SSSR count). The summed E-state index contributed by atoms with van der Waals surface area (Å²) >= 11 is 0. The summed E-state index contributed by atoms with van der Waals surface area (Å²) in [6.45, 7) is 5.72. The highest BCUT2D eigenvalue weighted by Crippen LogP contribution is 2.22. The van der Waals surface area contributed by atoms with Gasteiger partial charge in [0.15, 0.2) is 5.96 Å². The summed E-state index contributed by atoms with van der Waals surface area (Å²) in [4.78, 5) is 12.4. The molecule has 3 heterocycles. The van der Waals surface area contributed by atoms with Crippen LogP contribution >= 0.6 is 24.0 Å². The first kappa shape index (κ1) is 22.1. The molecule has 0 spiro atoms. The molecule has 0 aliphatic heterocycles. The molecule has 6 nitrogen and oxygen atoms in total. The van der Waals surface area contributed by atoms with Gasteiger partial charge >= 0.3 is 0 Å². The highest BCUT2D eigenvalue weighted by atomic mass is 127. The van der Waals surface area contributed by atoms with E-state index in [1.54, 1.807) is 7.05 Å². The number of benzene rings is 1. The van der Waals surface area contributed by atoms with Crippen LogP contribution in [0.5, 0.6) is 0 Å². The summed E-state index contributed by atoms with van der Waals surface area (Å²) in [7, 11) is 1.79. The summed E-state index contributed by atoms with van der Waals surface area (Å²) in [6, 6.07) is 12.7. The maximum atomic E-state index is 4.66. The third-order valence-electron chi connectivity index (χ3n) is 5.36. The Balaban J connectivity index is 0.00000256. The Kier molecular flexibility index (Phi) is 7.36. The zero-order valence-electron chi connectivity index (χ0n) is 17.7. The summed E-state index contributed by atoms with van der Waals surface area (Å²) in [5.41, 5.74) is 7.08. The molecule has 0 radical (unpaired) electrons. The van der Waals surface area contributed by atoms with Crippen LogP contribution in [0.15, 0.2) is 53.8 Å². The number of halogens is 1. The van der Waals surface area contributed by atoms with Gasteiger partial charge in [-0.05, 0) is 43.0 Å². The van der Waals surface area contributed by atoms with Gasteiger partial charge in [-0.1, -0.05) is 31.2 Å². The molecule has 0 saturated carbocycles. The second kappa shape index (κ2) is 9.97. The van der Waals surface area contributed by atoms with E-state index < -0.39 is 0 Å². The Bertz CT molecular complexity index is 1160. The Labute approximate surface area is 194 Å². The number of pyridine rings is 1. The topological polar surface area (TPSA) is 69.5 Å². The highest BCUT2D eigenvalue weighted by Gasteiger charge is 2.08. The number of H-pyrrole nitrogens is 1. The van der Waals surface area contributed by atoms with Gasteiger partial charge in [0.05, 0.1) is 12.2 Å². The number of para-hydroxylation sites is 1. The van der Waals surface area contributed by atoms with Crippen LogP contribution in [0, 0.1) is 6.92 Å². The van der Waals surface area contributed by atoms with E-state index in [0.717, 1.165) is 36.7 Å². The number of nitrogens with zero attached hydrogens (tertiary/aromatic N) is 3. The van der Waals surface area contributed by atoms with Gasteiger partial charge in [-0.3, -0.25) is 4.99 Å². The van der Waals surface area contributed by atoms with Crippen molar-refractivity contribution in [3.63, 3.8) is 0 Å². The van der Waals surface area contributed by atoms with Crippen molar-refractivity contribution in [2.75, 3.05) is 13.6 Å². The molecule has 1 aromatic carbocycles. The molecule has 0 bridgehead atoms. The average Bonchev–Trinajstić information content (AvgIpc) is 3.35. The van der Waals surface area contributed by atoms with E-state index in [1.165, 1.54) is 27.7 Å². The number of aromatic nitrogens is 3. The largest absolute Gasteiger partial charge is 0.361 e. The van der Waals surface area contributed by atoms with Crippen LogP contribution in [0.3, 0.4) is 0 Å².